The van der Waals surface area contributed by atoms with Crippen LogP contribution < -0.4 is 11.5 Å². The van der Waals surface area contributed by atoms with Crippen LogP contribution in [0.4, 0.5) is 0 Å². The van der Waals surface area contributed by atoms with Crippen LogP contribution in [0.5, 0.6) is 0 Å². The summed E-state index contributed by atoms with van der Waals surface area (Å²) in [5, 5.41) is 0. The van der Waals surface area contributed by atoms with Gasteiger partial charge in [0.25, 0.3) is 5.91 Å². The zero-order chi connectivity index (χ0) is 15.4. The number of aryl methyl sites for hydroxylation is 1. The van der Waals surface area contributed by atoms with Crippen LogP contribution in [0.2, 0.25) is 0 Å². The van der Waals surface area contributed by atoms with Crippen molar-refractivity contribution in [2.24, 2.45) is 16.5 Å². The largest absolute Gasteiger partial charge is 0.370 e. The summed E-state index contributed by atoms with van der Waals surface area (Å²) >= 11 is 0. The molecule has 0 spiro atoms. The van der Waals surface area contributed by atoms with E-state index in [1.54, 1.807) is 0 Å². The molecule has 2 aromatic carbocycles. The first-order chi connectivity index (χ1) is 9.99. The number of benzene rings is 2. The molecule has 0 heterocycles. The van der Waals surface area contributed by atoms with Crippen LogP contribution in [-0.2, 0) is 11.2 Å². The first-order valence-corrected chi connectivity index (χ1v) is 6.76. The van der Waals surface area contributed by atoms with Crippen molar-refractivity contribution in [3.05, 3.63) is 59.2 Å². The monoisotopic (exact) mass is 281 g/mol. The Morgan fingerprint density at radius 1 is 1.00 bits per heavy atom. The Kier molecular flexibility index (Phi) is 4.38. The van der Waals surface area contributed by atoms with Gasteiger partial charge in [-0.3, -0.25) is 4.79 Å². The SMILES string of the molecule is Cc1cccc(-c2ccccc2CC(=O)N=C(N)N)c1C. The molecule has 0 aliphatic carbocycles. The van der Waals surface area contributed by atoms with E-state index in [0.29, 0.717) is 0 Å². The van der Waals surface area contributed by atoms with Gasteiger partial charge in [0, 0.05) is 0 Å². The number of amides is 1. The number of guanidine groups is 1. The van der Waals surface area contributed by atoms with Crippen LogP contribution in [0.15, 0.2) is 47.5 Å². The molecule has 0 radical (unpaired) electrons. The molecule has 4 heteroatoms. The van der Waals surface area contributed by atoms with Crippen molar-refractivity contribution in [1.82, 2.24) is 0 Å². The summed E-state index contributed by atoms with van der Waals surface area (Å²) in [4.78, 5) is 15.4. The topological polar surface area (TPSA) is 81.5 Å². The molecule has 0 aliphatic heterocycles. The number of aliphatic imine (C=N–C) groups is 1. The van der Waals surface area contributed by atoms with Crippen molar-refractivity contribution < 1.29 is 4.79 Å². The van der Waals surface area contributed by atoms with Gasteiger partial charge >= 0.3 is 0 Å². The van der Waals surface area contributed by atoms with Gasteiger partial charge in [-0.05, 0) is 41.7 Å². The number of hydrogen-bond acceptors (Lipinski definition) is 1. The summed E-state index contributed by atoms with van der Waals surface area (Å²) in [7, 11) is 0. The first-order valence-electron chi connectivity index (χ1n) is 6.76. The van der Waals surface area contributed by atoms with Gasteiger partial charge in [0.1, 0.15) is 0 Å². The molecular formula is C17H19N3O. The number of carbonyl (C=O) groups excluding carboxylic acids is 1. The summed E-state index contributed by atoms with van der Waals surface area (Å²) in [6, 6.07) is 14.0. The summed E-state index contributed by atoms with van der Waals surface area (Å²) < 4.78 is 0. The maximum Gasteiger partial charge on any atom is 0.253 e. The standard InChI is InChI=1S/C17H19N3O/c1-11-6-5-9-14(12(11)2)15-8-4-3-7-13(15)10-16(21)20-17(18)19/h3-9H,10H2,1-2H3,(H4,18,19,20,21). The van der Waals surface area contributed by atoms with Crippen molar-refractivity contribution in [2.45, 2.75) is 20.3 Å². The van der Waals surface area contributed by atoms with Gasteiger partial charge in [-0.2, -0.15) is 4.99 Å². The number of rotatable bonds is 3. The zero-order valence-electron chi connectivity index (χ0n) is 12.3. The van der Waals surface area contributed by atoms with Crippen LogP contribution in [0.3, 0.4) is 0 Å². The smallest absolute Gasteiger partial charge is 0.253 e. The molecule has 0 bridgehead atoms. The molecule has 2 aromatic rings. The Labute approximate surface area is 124 Å². The molecule has 1 amide bonds. The highest BCUT2D eigenvalue weighted by molar-refractivity contribution is 5.93. The quantitative estimate of drug-likeness (QED) is 0.669. The van der Waals surface area contributed by atoms with Gasteiger partial charge in [0.15, 0.2) is 5.96 Å². The van der Waals surface area contributed by atoms with Crippen molar-refractivity contribution in [3.63, 3.8) is 0 Å². The minimum atomic E-state index is -0.340. The molecule has 0 aliphatic rings. The van der Waals surface area contributed by atoms with Crippen LogP contribution in [0.1, 0.15) is 16.7 Å². The van der Waals surface area contributed by atoms with E-state index in [1.165, 1.54) is 11.1 Å². The van der Waals surface area contributed by atoms with E-state index in [1.807, 2.05) is 30.3 Å². The third kappa shape index (κ3) is 3.48. The minimum Gasteiger partial charge on any atom is -0.370 e. The van der Waals surface area contributed by atoms with E-state index in [4.69, 9.17) is 11.5 Å². The maximum absolute atomic E-state index is 11.8. The van der Waals surface area contributed by atoms with Crippen molar-refractivity contribution in [1.29, 1.82) is 0 Å². The second-order valence-corrected chi connectivity index (χ2v) is 5.01. The van der Waals surface area contributed by atoms with Gasteiger partial charge in [-0.15, -0.1) is 0 Å². The van der Waals surface area contributed by atoms with Gasteiger partial charge in [0.05, 0.1) is 6.42 Å². The van der Waals surface area contributed by atoms with Crippen LogP contribution >= 0.6 is 0 Å². The van der Waals surface area contributed by atoms with Crippen molar-refractivity contribution in [3.8, 4) is 11.1 Å². The molecule has 0 saturated heterocycles. The van der Waals surface area contributed by atoms with E-state index >= 15 is 0 Å². The number of nitrogens with two attached hydrogens (primary N) is 2. The lowest BCUT2D eigenvalue weighted by molar-refractivity contribution is -0.117. The average molecular weight is 281 g/mol. The molecule has 2 rings (SSSR count). The van der Waals surface area contributed by atoms with Gasteiger partial charge in [0.2, 0.25) is 0 Å². The third-order valence-corrected chi connectivity index (χ3v) is 3.51. The lowest BCUT2D eigenvalue weighted by Crippen LogP contribution is -2.24. The lowest BCUT2D eigenvalue weighted by Gasteiger charge is -2.12. The Morgan fingerprint density at radius 2 is 1.67 bits per heavy atom. The summed E-state index contributed by atoms with van der Waals surface area (Å²) in [5.74, 6) is -0.544. The Morgan fingerprint density at radius 3 is 2.38 bits per heavy atom. The third-order valence-electron chi connectivity index (χ3n) is 3.51. The molecule has 0 aromatic heterocycles. The fraction of sp³-hybridized carbons (Fsp3) is 0.176. The highest BCUT2D eigenvalue weighted by atomic mass is 16.1. The summed E-state index contributed by atoms with van der Waals surface area (Å²) in [6.07, 6.45) is 0.182. The number of hydrogen-bond donors (Lipinski definition) is 2. The Hall–Kier alpha value is -2.62. The second kappa shape index (κ2) is 6.22. The molecule has 0 atom stereocenters. The van der Waals surface area contributed by atoms with E-state index in [0.717, 1.165) is 16.7 Å². The second-order valence-electron chi connectivity index (χ2n) is 5.01. The molecule has 21 heavy (non-hydrogen) atoms. The summed E-state index contributed by atoms with van der Waals surface area (Å²) in [5.41, 5.74) is 16.0. The normalized spacial score (nSPS) is 10.2. The van der Waals surface area contributed by atoms with Crippen molar-refractivity contribution in [2.75, 3.05) is 0 Å². The number of carbonyl (C=O) groups is 1. The molecule has 108 valence electrons. The minimum absolute atomic E-state index is 0.182. The number of nitrogens with zero attached hydrogens (tertiary/aromatic N) is 1. The molecule has 0 fully saturated rings. The van der Waals surface area contributed by atoms with E-state index < -0.39 is 0 Å². The fourth-order valence-corrected chi connectivity index (χ4v) is 2.33. The predicted molar refractivity (Wildman–Crippen MR) is 85.9 cm³/mol. The fourth-order valence-electron chi connectivity index (χ4n) is 2.33. The Balaban J connectivity index is 2.44. The van der Waals surface area contributed by atoms with Crippen LogP contribution in [0.25, 0.3) is 11.1 Å². The van der Waals surface area contributed by atoms with Gasteiger partial charge < -0.3 is 11.5 Å². The zero-order valence-corrected chi connectivity index (χ0v) is 12.3. The lowest BCUT2D eigenvalue weighted by atomic mass is 9.92. The first kappa shape index (κ1) is 14.8. The molecule has 0 saturated carbocycles. The van der Waals surface area contributed by atoms with E-state index in [9.17, 15) is 4.79 Å². The van der Waals surface area contributed by atoms with E-state index in [-0.39, 0.29) is 18.3 Å². The predicted octanol–water partition coefficient (Wildman–Crippen LogP) is 2.31. The van der Waals surface area contributed by atoms with Crippen molar-refractivity contribution >= 4 is 11.9 Å². The average Bonchev–Trinajstić information content (AvgIpc) is 2.42. The highest BCUT2D eigenvalue weighted by Crippen LogP contribution is 2.28. The van der Waals surface area contributed by atoms with Gasteiger partial charge in [-0.1, -0.05) is 42.5 Å². The molecular weight excluding hydrogens is 262 g/mol. The van der Waals surface area contributed by atoms with E-state index in [2.05, 4.69) is 31.0 Å². The maximum atomic E-state index is 11.8. The van der Waals surface area contributed by atoms with Gasteiger partial charge in [-0.25, -0.2) is 0 Å². The highest BCUT2D eigenvalue weighted by Gasteiger charge is 2.11. The van der Waals surface area contributed by atoms with Crippen LogP contribution in [-0.4, -0.2) is 11.9 Å². The summed E-state index contributed by atoms with van der Waals surface area (Å²) in [6.45, 7) is 4.16. The molecule has 4 nitrogen and oxygen atoms in total. The Bertz CT molecular complexity index is 701. The molecule has 4 N–H and O–H groups in total. The molecule has 0 unspecified atom stereocenters. The van der Waals surface area contributed by atoms with Crippen LogP contribution in [0, 0.1) is 13.8 Å².